The molecule has 6 heteroatoms. The highest BCUT2D eigenvalue weighted by atomic mass is 16.6. The summed E-state index contributed by atoms with van der Waals surface area (Å²) < 4.78 is 16.7. The summed E-state index contributed by atoms with van der Waals surface area (Å²) in [5.41, 5.74) is 0. The number of unbranched alkanes of at least 4 members (excludes halogenated alkanes) is 26. The molecular formula is C54H94O6. The van der Waals surface area contributed by atoms with E-state index in [1.54, 1.807) is 0 Å². The van der Waals surface area contributed by atoms with Gasteiger partial charge in [-0.2, -0.15) is 0 Å². The highest BCUT2D eigenvalue weighted by molar-refractivity contribution is 5.71. The molecule has 60 heavy (non-hydrogen) atoms. The summed E-state index contributed by atoms with van der Waals surface area (Å²) in [5.74, 6) is -0.947. The quantitative estimate of drug-likeness (QED) is 0.0200. The summed E-state index contributed by atoms with van der Waals surface area (Å²) in [6, 6.07) is 0. The van der Waals surface area contributed by atoms with Gasteiger partial charge in [0, 0.05) is 19.3 Å². The van der Waals surface area contributed by atoms with E-state index >= 15 is 0 Å². The van der Waals surface area contributed by atoms with Crippen LogP contribution in [0.25, 0.3) is 0 Å². The van der Waals surface area contributed by atoms with Gasteiger partial charge in [-0.1, -0.05) is 204 Å². The molecule has 0 aromatic heterocycles. The van der Waals surface area contributed by atoms with Crippen LogP contribution in [0.3, 0.4) is 0 Å². The summed E-state index contributed by atoms with van der Waals surface area (Å²) in [6.07, 6.45) is 59.3. The molecule has 0 spiro atoms. The summed E-state index contributed by atoms with van der Waals surface area (Å²) in [4.78, 5) is 37.8. The molecule has 0 N–H and O–H groups in total. The minimum Gasteiger partial charge on any atom is -0.462 e. The Balaban J connectivity index is 4.35. The second-order valence-electron chi connectivity index (χ2n) is 16.7. The molecule has 0 rings (SSSR count). The van der Waals surface area contributed by atoms with Crippen LogP contribution < -0.4 is 0 Å². The van der Waals surface area contributed by atoms with E-state index < -0.39 is 6.10 Å². The molecule has 346 valence electrons. The Kier molecular flexibility index (Phi) is 46.4. The predicted octanol–water partition coefficient (Wildman–Crippen LogP) is 16.5. The molecule has 1 atom stereocenters. The first kappa shape index (κ1) is 57.1. The zero-order valence-corrected chi connectivity index (χ0v) is 39.5. The SMILES string of the molecule is CC\C=C/C=C\C=C/CCCCCCCCCC(=O)OC(COC(=O)CCC/C=C\CCCCCC)COC(=O)CCCCCCC/C=C\CCCCCCCCCCC. The van der Waals surface area contributed by atoms with Crippen molar-refractivity contribution in [3.63, 3.8) is 0 Å². The number of hydrogen-bond donors (Lipinski definition) is 0. The van der Waals surface area contributed by atoms with Gasteiger partial charge in [-0.15, -0.1) is 0 Å². The number of rotatable bonds is 45. The highest BCUT2D eigenvalue weighted by Crippen LogP contribution is 2.14. The minimum atomic E-state index is -0.792. The van der Waals surface area contributed by atoms with Crippen LogP contribution in [0.4, 0.5) is 0 Å². The number of carbonyl (C=O) groups excluding carboxylic acids is 3. The van der Waals surface area contributed by atoms with Crippen molar-refractivity contribution < 1.29 is 28.6 Å². The summed E-state index contributed by atoms with van der Waals surface area (Å²) in [6.45, 7) is 6.43. The Morgan fingerprint density at radius 3 is 1.13 bits per heavy atom. The van der Waals surface area contributed by atoms with E-state index in [-0.39, 0.29) is 31.1 Å². The van der Waals surface area contributed by atoms with Crippen LogP contribution in [0.1, 0.15) is 245 Å². The Hall–Kier alpha value is -2.89. The number of esters is 3. The predicted molar refractivity (Wildman–Crippen MR) is 256 cm³/mol. The van der Waals surface area contributed by atoms with E-state index in [0.717, 1.165) is 70.6 Å². The molecule has 0 heterocycles. The average Bonchev–Trinajstić information content (AvgIpc) is 3.24. The fourth-order valence-corrected chi connectivity index (χ4v) is 6.97. The fourth-order valence-electron chi connectivity index (χ4n) is 6.97. The van der Waals surface area contributed by atoms with E-state index in [1.807, 2.05) is 0 Å². The van der Waals surface area contributed by atoms with Crippen LogP contribution in [-0.4, -0.2) is 37.2 Å². The first-order chi connectivity index (χ1) is 29.5. The molecule has 0 aromatic carbocycles. The first-order valence-electron chi connectivity index (χ1n) is 25.3. The largest absolute Gasteiger partial charge is 0.462 e. The number of hydrogen-bond acceptors (Lipinski definition) is 6. The lowest BCUT2D eigenvalue weighted by molar-refractivity contribution is -0.167. The Bertz CT molecular complexity index is 1100. The Labute approximate surface area is 370 Å². The number of allylic oxidation sites excluding steroid dienone is 10. The van der Waals surface area contributed by atoms with Crippen molar-refractivity contribution in [3.05, 3.63) is 60.8 Å². The Morgan fingerprint density at radius 1 is 0.350 bits per heavy atom. The summed E-state index contributed by atoms with van der Waals surface area (Å²) in [7, 11) is 0. The van der Waals surface area contributed by atoms with Crippen molar-refractivity contribution in [2.75, 3.05) is 13.2 Å². The van der Waals surface area contributed by atoms with Gasteiger partial charge in [0.05, 0.1) is 0 Å². The summed E-state index contributed by atoms with van der Waals surface area (Å²) >= 11 is 0. The monoisotopic (exact) mass is 839 g/mol. The van der Waals surface area contributed by atoms with Gasteiger partial charge in [-0.05, 0) is 83.5 Å². The molecule has 0 aromatic rings. The molecule has 0 radical (unpaired) electrons. The molecule has 0 amide bonds. The molecule has 6 nitrogen and oxygen atoms in total. The van der Waals surface area contributed by atoms with Gasteiger partial charge in [0.25, 0.3) is 0 Å². The van der Waals surface area contributed by atoms with Crippen molar-refractivity contribution in [1.29, 1.82) is 0 Å². The maximum absolute atomic E-state index is 12.8. The lowest BCUT2D eigenvalue weighted by Gasteiger charge is -2.18. The smallest absolute Gasteiger partial charge is 0.306 e. The second-order valence-corrected chi connectivity index (χ2v) is 16.7. The molecule has 1 unspecified atom stereocenters. The molecule has 0 aliphatic heterocycles. The molecular weight excluding hydrogens is 745 g/mol. The van der Waals surface area contributed by atoms with Gasteiger partial charge in [0.2, 0.25) is 0 Å². The zero-order valence-electron chi connectivity index (χ0n) is 39.5. The van der Waals surface area contributed by atoms with Gasteiger partial charge >= 0.3 is 17.9 Å². The van der Waals surface area contributed by atoms with Crippen molar-refractivity contribution in [1.82, 2.24) is 0 Å². The molecule has 0 aliphatic carbocycles. The van der Waals surface area contributed by atoms with Crippen molar-refractivity contribution >= 4 is 17.9 Å². The molecule has 0 bridgehead atoms. The lowest BCUT2D eigenvalue weighted by Crippen LogP contribution is -2.30. The molecule has 0 saturated heterocycles. The average molecular weight is 839 g/mol. The maximum Gasteiger partial charge on any atom is 0.306 e. The van der Waals surface area contributed by atoms with Crippen molar-refractivity contribution in [2.45, 2.75) is 252 Å². The standard InChI is InChI=1S/C54H94O6/c1-4-7-10-13-16-19-21-23-25-26-27-29-30-32-35-38-41-44-47-53(56)59-50-51(49-58-52(55)46-43-40-37-34-18-15-12-9-6-3)60-54(57)48-45-42-39-36-33-31-28-24-22-20-17-14-11-8-5-2/h8,11,14,17,20,22,27,29,34,37,51H,4-7,9-10,12-13,15-16,18-19,21,23-26,28,30-33,35-36,38-50H2,1-3H3/b11-8-,17-14-,22-20-,29-27-,37-34-. The Morgan fingerprint density at radius 2 is 0.683 bits per heavy atom. The number of carbonyl (C=O) groups is 3. The molecule has 0 saturated carbocycles. The van der Waals surface area contributed by atoms with E-state index in [2.05, 4.69) is 81.5 Å². The van der Waals surface area contributed by atoms with Crippen LogP contribution >= 0.6 is 0 Å². The van der Waals surface area contributed by atoms with Crippen LogP contribution in [0.15, 0.2) is 60.8 Å². The van der Waals surface area contributed by atoms with E-state index in [1.165, 1.54) is 128 Å². The van der Waals surface area contributed by atoms with Crippen LogP contribution in [0.5, 0.6) is 0 Å². The molecule has 0 fully saturated rings. The highest BCUT2D eigenvalue weighted by Gasteiger charge is 2.19. The van der Waals surface area contributed by atoms with Crippen molar-refractivity contribution in [2.24, 2.45) is 0 Å². The van der Waals surface area contributed by atoms with Crippen molar-refractivity contribution in [3.8, 4) is 0 Å². The van der Waals surface area contributed by atoms with Gasteiger partial charge < -0.3 is 14.2 Å². The lowest BCUT2D eigenvalue weighted by atomic mass is 10.1. The zero-order chi connectivity index (χ0) is 43.7. The topological polar surface area (TPSA) is 78.9 Å². The minimum absolute atomic E-state index is 0.0919. The maximum atomic E-state index is 12.8. The fraction of sp³-hybridized carbons (Fsp3) is 0.759. The van der Waals surface area contributed by atoms with Gasteiger partial charge in [-0.25, -0.2) is 0 Å². The van der Waals surface area contributed by atoms with Gasteiger partial charge in [-0.3, -0.25) is 14.4 Å². The second kappa shape index (κ2) is 48.8. The van der Waals surface area contributed by atoms with E-state index in [0.29, 0.717) is 25.7 Å². The van der Waals surface area contributed by atoms with Crippen LogP contribution in [0, 0.1) is 0 Å². The molecule has 0 aliphatic rings. The third-order valence-corrected chi connectivity index (χ3v) is 10.8. The third-order valence-electron chi connectivity index (χ3n) is 10.8. The van der Waals surface area contributed by atoms with Crippen LogP contribution in [-0.2, 0) is 28.6 Å². The van der Waals surface area contributed by atoms with Gasteiger partial charge in [0.15, 0.2) is 6.10 Å². The normalized spacial score (nSPS) is 12.5. The number of ether oxygens (including phenoxy) is 3. The van der Waals surface area contributed by atoms with E-state index in [9.17, 15) is 14.4 Å². The summed E-state index contributed by atoms with van der Waals surface area (Å²) in [5, 5.41) is 0. The van der Waals surface area contributed by atoms with Crippen LogP contribution in [0.2, 0.25) is 0 Å². The first-order valence-corrected chi connectivity index (χ1v) is 25.3. The third kappa shape index (κ3) is 46.2. The van der Waals surface area contributed by atoms with Gasteiger partial charge in [0.1, 0.15) is 13.2 Å². The van der Waals surface area contributed by atoms with E-state index in [4.69, 9.17) is 14.2 Å².